The number of carbonyl (C=O) groups is 1. The molecule has 1 aromatic heterocycles. The molecule has 5 heteroatoms. The smallest absolute Gasteiger partial charge is 0.282 e. The van der Waals surface area contributed by atoms with Crippen molar-refractivity contribution in [3.63, 3.8) is 0 Å². The predicted molar refractivity (Wildman–Crippen MR) is 104 cm³/mol. The van der Waals surface area contributed by atoms with Gasteiger partial charge in [-0.2, -0.15) is 0 Å². The van der Waals surface area contributed by atoms with Crippen LogP contribution in [0.4, 0.5) is 5.69 Å². The van der Waals surface area contributed by atoms with Crippen LogP contribution in [0.3, 0.4) is 0 Å². The van der Waals surface area contributed by atoms with Crippen LogP contribution in [-0.2, 0) is 4.79 Å². The van der Waals surface area contributed by atoms with E-state index in [1.54, 1.807) is 23.5 Å². The number of rotatable bonds is 6. The third kappa shape index (κ3) is 4.69. The second-order valence-corrected chi connectivity index (χ2v) is 7.30. The molecule has 0 bridgehead atoms. The number of hydrogen-bond donors (Lipinski definition) is 2. The summed E-state index contributed by atoms with van der Waals surface area (Å²) in [7, 11) is 0. The molecule has 1 heterocycles. The number of nitrogens with one attached hydrogen (secondary N) is 1. The highest BCUT2D eigenvalue weighted by Gasteiger charge is 2.25. The molecule has 0 fully saturated rings. The molecule has 0 aliphatic carbocycles. The average molecular weight is 372 g/mol. The third-order valence-electron chi connectivity index (χ3n) is 4.00. The Morgan fingerprint density at radius 3 is 2.56 bits per heavy atom. The minimum Gasteiger partial charge on any atom is -0.326 e. The molecule has 0 radical (unpaired) electrons. The predicted octanol–water partition coefficient (Wildman–Crippen LogP) is 4.08. The van der Waals surface area contributed by atoms with E-state index < -0.39 is 0 Å². The van der Waals surface area contributed by atoms with Gasteiger partial charge in [0.25, 0.3) is 5.91 Å². The van der Waals surface area contributed by atoms with Crippen molar-refractivity contribution < 1.29 is 10.1 Å². The molecular formula is C20H20ClN2OS+. The van der Waals surface area contributed by atoms with Crippen LogP contribution in [0, 0.1) is 0 Å². The van der Waals surface area contributed by atoms with E-state index in [1.165, 1.54) is 10.4 Å². The number of halogens is 1. The highest BCUT2D eigenvalue weighted by molar-refractivity contribution is 7.10. The van der Waals surface area contributed by atoms with Crippen molar-refractivity contribution in [1.82, 2.24) is 0 Å². The van der Waals surface area contributed by atoms with Gasteiger partial charge in [0.1, 0.15) is 6.04 Å². The Morgan fingerprint density at radius 2 is 1.88 bits per heavy atom. The maximum absolute atomic E-state index is 12.6. The Kier molecular flexibility index (Phi) is 5.87. The molecule has 3 aromatic rings. The number of nitrogens with two attached hydrogens (primary N) is 1. The monoisotopic (exact) mass is 371 g/mol. The van der Waals surface area contributed by atoms with Gasteiger partial charge in [0.05, 0.1) is 4.88 Å². The van der Waals surface area contributed by atoms with E-state index in [0.717, 1.165) is 0 Å². The first kappa shape index (κ1) is 17.7. The van der Waals surface area contributed by atoms with E-state index in [-0.39, 0.29) is 18.0 Å². The van der Waals surface area contributed by atoms with Crippen LogP contribution >= 0.6 is 22.9 Å². The lowest BCUT2D eigenvalue weighted by molar-refractivity contribution is -0.703. The molecule has 3 rings (SSSR count). The van der Waals surface area contributed by atoms with Crippen molar-refractivity contribution in [3.8, 4) is 0 Å². The largest absolute Gasteiger partial charge is 0.326 e. The normalized spacial score (nSPS) is 13.2. The average Bonchev–Trinajstić information content (AvgIpc) is 3.14. The van der Waals surface area contributed by atoms with Gasteiger partial charge in [-0.05, 0) is 36.6 Å². The fraction of sp³-hybridized carbons (Fsp3) is 0.150. The first-order chi connectivity index (χ1) is 12.1. The number of thiophene rings is 1. The molecule has 1 amide bonds. The van der Waals surface area contributed by atoms with Crippen molar-refractivity contribution in [2.75, 3.05) is 5.32 Å². The lowest BCUT2D eigenvalue weighted by atomic mass is 10.0. The Bertz CT molecular complexity index is 821. The number of amides is 1. The molecule has 0 saturated heterocycles. The lowest BCUT2D eigenvalue weighted by Crippen LogP contribution is -2.92. The molecule has 2 aromatic carbocycles. The van der Waals surface area contributed by atoms with Crippen molar-refractivity contribution in [3.05, 3.63) is 87.6 Å². The highest BCUT2D eigenvalue weighted by Crippen LogP contribution is 2.22. The van der Waals surface area contributed by atoms with E-state index in [9.17, 15) is 4.79 Å². The summed E-state index contributed by atoms with van der Waals surface area (Å²) >= 11 is 7.69. The van der Waals surface area contributed by atoms with Crippen LogP contribution in [-0.4, -0.2) is 11.9 Å². The molecule has 2 atom stereocenters. The molecule has 0 aliphatic rings. The van der Waals surface area contributed by atoms with Crippen LogP contribution < -0.4 is 10.6 Å². The SMILES string of the molecule is C[C@@H]([NH2+][C@H](c1ccccc1)c1cccs1)C(=O)Nc1cccc(Cl)c1. The van der Waals surface area contributed by atoms with Gasteiger partial charge >= 0.3 is 0 Å². The Hall–Kier alpha value is -2.14. The van der Waals surface area contributed by atoms with Gasteiger partial charge in [0, 0.05) is 16.3 Å². The van der Waals surface area contributed by atoms with Gasteiger partial charge in [-0.15, -0.1) is 11.3 Å². The molecule has 0 saturated carbocycles. The van der Waals surface area contributed by atoms with Crippen LogP contribution in [0.5, 0.6) is 0 Å². The zero-order valence-corrected chi connectivity index (χ0v) is 15.4. The third-order valence-corrected chi connectivity index (χ3v) is 5.19. The van der Waals surface area contributed by atoms with Gasteiger partial charge in [-0.1, -0.05) is 54.1 Å². The fourth-order valence-electron chi connectivity index (χ4n) is 2.70. The summed E-state index contributed by atoms with van der Waals surface area (Å²) in [5, 5.41) is 7.70. The van der Waals surface area contributed by atoms with Gasteiger partial charge < -0.3 is 10.6 Å². The van der Waals surface area contributed by atoms with E-state index in [0.29, 0.717) is 10.7 Å². The zero-order chi connectivity index (χ0) is 17.6. The highest BCUT2D eigenvalue weighted by atomic mass is 35.5. The minimum absolute atomic E-state index is 0.0419. The van der Waals surface area contributed by atoms with Crippen molar-refractivity contribution in [2.24, 2.45) is 0 Å². The van der Waals surface area contributed by atoms with Crippen LogP contribution in [0.2, 0.25) is 5.02 Å². The van der Waals surface area contributed by atoms with E-state index in [1.807, 2.05) is 43.3 Å². The van der Waals surface area contributed by atoms with Gasteiger partial charge in [0.15, 0.2) is 6.04 Å². The molecule has 128 valence electrons. The van der Waals surface area contributed by atoms with Crippen LogP contribution in [0.15, 0.2) is 72.1 Å². The molecule has 0 spiro atoms. The molecule has 3 nitrogen and oxygen atoms in total. The second-order valence-electron chi connectivity index (χ2n) is 5.88. The van der Waals surface area contributed by atoms with E-state index in [4.69, 9.17) is 11.6 Å². The first-order valence-electron chi connectivity index (χ1n) is 8.13. The Labute approximate surface area is 156 Å². The summed E-state index contributed by atoms with van der Waals surface area (Å²) in [6.07, 6.45) is 0. The molecular weight excluding hydrogens is 352 g/mol. The quantitative estimate of drug-likeness (QED) is 0.673. The standard InChI is InChI=1S/C20H19ClN2OS/c1-14(20(24)23-17-10-5-9-16(21)13-17)22-19(18-11-6-12-25-18)15-7-3-2-4-8-15/h2-14,19,22H,1H3,(H,23,24)/p+1/t14-,19-/m1/s1. The summed E-state index contributed by atoms with van der Waals surface area (Å²) < 4.78 is 0. The maximum atomic E-state index is 12.6. The Morgan fingerprint density at radius 1 is 1.08 bits per heavy atom. The maximum Gasteiger partial charge on any atom is 0.282 e. The zero-order valence-electron chi connectivity index (χ0n) is 13.9. The second kappa shape index (κ2) is 8.30. The topological polar surface area (TPSA) is 45.7 Å². The van der Waals surface area contributed by atoms with Crippen LogP contribution in [0.1, 0.15) is 23.4 Å². The summed E-state index contributed by atoms with van der Waals surface area (Å²) in [6.45, 7) is 1.92. The number of anilines is 1. The van der Waals surface area contributed by atoms with Gasteiger partial charge in [-0.3, -0.25) is 4.79 Å². The Balaban J connectivity index is 1.74. The summed E-state index contributed by atoms with van der Waals surface area (Å²) in [5.74, 6) is -0.0419. The van der Waals surface area contributed by atoms with E-state index >= 15 is 0 Å². The summed E-state index contributed by atoms with van der Waals surface area (Å²) in [5.41, 5.74) is 1.90. The molecule has 25 heavy (non-hydrogen) atoms. The van der Waals surface area contributed by atoms with Crippen molar-refractivity contribution in [2.45, 2.75) is 19.0 Å². The number of hydrogen-bond acceptors (Lipinski definition) is 2. The van der Waals surface area contributed by atoms with Crippen molar-refractivity contribution in [1.29, 1.82) is 0 Å². The summed E-state index contributed by atoms with van der Waals surface area (Å²) in [6, 6.07) is 21.5. The lowest BCUT2D eigenvalue weighted by Gasteiger charge is -2.19. The molecule has 3 N–H and O–H groups in total. The van der Waals surface area contributed by atoms with Crippen LogP contribution in [0.25, 0.3) is 0 Å². The first-order valence-corrected chi connectivity index (χ1v) is 9.39. The van der Waals surface area contributed by atoms with Gasteiger partial charge in [-0.25, -0.2) is 0 Å². The molecule has 0 unspecified atom stereocenters. The minimum atomic E-state index is -0.244. The molecule has 0 aliphatic heterocycles. The van der Waals surface area contributed by atoms with Gasteiger partial charge in [0.2, 0.25) is 0 Å². The number of carbonyl (C=O) groups excluding carboxylic acids is 1. The number of quaternary nitrogens is 1. The summed E-state index contributed by atoms with van der Waals surface area (Å²) in [4.78, 5) is 13.8. The van der Waals surface area contributed by atoms with Crippen molar-refractivity contribution >= 4 is 34.5 Å². The van der Waals surface area contributed by atoms with E-state index in [2.05, 4.69) is 34.2 Å². The fourth-order valence-corrected chi connectivity index (χ4v) is 3.72. The number of benzene rings is 2.